The zero-order chi connectivity index (χ0) is 22.2. The van der Waals surface area contributed by atoms with Crippen LogP contribution in [-0.2, 0) is 21.0 Å². The lowest BCUT2D eigenvalue weighted by molar-refractivity contribution is -0.137. The maximum absolute atomic E-state index is 12.9. The average molecular weight is 470 g/mol. The van der Waals surface area contributed by atoms with Gasteiger partial charge in [0.05, 0.1) is 15.5 Å². The molecule has 0 aliphatic carbocycles. The first-order valence-electron chi connectivity index (χ1n) is 9.95. The van der Waals surface area contributed by atoms with Crippen LogP contribution in [0, 0.1) is 0 Å². The number of benzene rings is 1. The van der Waals surface area contributed by atoms with E-state index in [-0.39, 0.29) is 18.9 Å². The molecule has 1 aromatic rings. The fourth-order valence-corrected chi connectivity index (χ4v) is 4.53. The van der Waals surface area contributed by atoms with E-state index in [1.54, 1.807) is 0 Å². The standard InChI is InChI=1S/C19H27ClF3N3O3S/c20-17-7-6-15(14-16(17)19(21,22)23)30(28,29)25-10-8-18(27)24-9-5-13-26-11-3-1-2-4-12-26/h6-7,14,25H,1-5,8-13H2,(H,24,27). The molecular weight excluding hydrogens is 443 g/mol. The van der Waals surface area contributed by atoms with Gasteiger partial charge in [0, 0.05) is 19.5 Å². The Balaban J connectivity index is 1.74. The van der Waals surface area contributed by atoms with E-state index in [1.807, 2.05) is 0 Å². The maximum Gasteiger partial charge on any atom is 0.417 e. The fraction of sp³-hybridized carbons (Fsp3) is 0.632. The third-order valence-electron chi connectivity index (χ3n) is 4.87. The summed E-state index contributed by atoms with van der Waals surface area (Å²) in [5, 5.41) is 2.15. The van der Waals surface area contributed by atoms with Crippen molar-refractivity contribution in [2.75, 3.05) is 32.7 Å². The Morgan fingerprint density at radius 3 is 2.40 bits per heavy atom. The SMILES string of the molecule is O=C(CCNS(=O)(=O)c1ccc(Cl)c(C(F)(F)F)c1)NCCCN1CCCCCC1. The molecule has 1 aromatic carbocycles. The molecule has 2 N–H and O–H groups in total. The Bertz CT molecular complexity index is 811. The van der Waals surface area contributed by atoms with Crippen LogP contribution in [0.15, 0.2) is 23.1 Å². The van der Waals surface area contributed by atoms with Crippen LogP contribution in [-0.4, -0.2) is 51.9 Å². The molecule has 0 unspecified atom stereocenters. The highest BCUT2D eigenvalue weighted by atomic mass is 35.5. The van der Waals surface area contributed by atoms with Crippen molar-refractivity contribution in [2.24, 2.45) is 0 Å². The van der Waals surface area contributed by atoms with Crippen molar-refractivity contribution < 1.29 is 26.4 Å². The fourth-order valence-electron chi connectivity index (χ4n) is 3.25. The van der Waals surface area contributed by atoms with Crippen molar-refractivity contribution in [3.63, 3.8) is 0 Å². The minimum absolute atomic E-state index is 0.108. The van der Waals surface area contributed by atoms with Gasteiger partial charge in [-0.2, -0.15) is 13.2 Å². The minimum atomic E-state index is -4.77. The summed E-state index contributed by atoms with van der Waals surface area (Å²) in [4.78, 5) is 13.7. The predicted octanol–water partition coefficient (Wildman–Crippen LogP) is 3.41. The molecule has 170 valence electrons. The topological polar surface area (TPSA) is 78.5 Å². The molecule has 0 radical (unpaired) electrons. The van der Waals surface area contributed by atoms with Crippen molar-refractivity contribution in [3.8, 4) is 0 Å². The van der Waals surface area contributed by atoms with Gasteiger partial charge >= 0.3 is 6.18 Å². The first-order chi connectivity index (χ1) is 14.1. The third-order valence-corrected chi connectivity index (χ3v) is 6.66. The van der Waals surface area contributed by atoms with Gasteiger partial charge in [-0.15, -0.1) is 0 Å². The van der Waals surface area contributed by atoms with Gasteiger partial charge in [-0.25, -0.2) is 13.1 Å². The number of nitrogens with zero attached hydrogens (tertiary/aromatic N) is 1. The van der Waals surface area contributed by atoms with Gasteiger partial charge < -0.3 is 10.2 Å². The second kappa shape index (κ2) is 11.3. The van der Waals surface area contributed by atoms with Crippen LogP contribution < -0.4 is 10.0 Å². The summed E-state index contributed by atoms with van der Waals surface area (Å²) >= 11 is 5.50. The van der Waals surface area contributed by atoms with E-state index >= 15 is 0 Å². The highest BCUT2D eigenvalue weighted by Crippen LogP contribution is 2.35. The molecule has 1 aliphatic heterocycles. The van der Waals surface area contributed by atoms with Crippen molar-refractivity contribution in [1.29, 1.82) is 0 Å². The number of likely N-dealkylation sites (tertiary alicyclic amines) is 1. The van der Waals surface area contributed by atoms with Crippen molar-refractivity contribution >= 4 is 27.5 Å². The van der Waals surface area contributed by atoms with E-state index in [9.17, 15) is 26.4 Å². The summed E-state index contributed by atoms with van der Waals surface area (Å²) in [7, 11) is -4.19. The van der Waals surface area contributed by atoms with E-state index < -0.39 is 31.7 Å². The van der Waals surface area contributed by atoms with Crippen LogP contribution in [0.4, 0.5) is 13.2 Å². The molecule has 0 aromatic heterocycles. The van der Waals surface area contributed by atoms with Crippen LogP contribution >= 0.6 is 11.6 Å². The Morgan fingerprint density at radius 1 is 1.10 bits per heavy atom. The highest BCUT2D eigenvalue weighted by molar-refractivity contribution is 7.89. The van der Waals surface area contributed by atoms with Crippen molar-refractivity contribution in [1.82, 2.24) is 14.9 Å². The molecule has 1 aliphatic rings. The number of carbonyl (C=O) groups is 1. The quantitative estimate of drug-likeness (QED) is 0.543. The molecule has 0 saturated carbocycles. The number of sulfonamides is 1. The third kappa shape index (κ3) is 8.05. The molecule has 0 spiro atoms. The molecule has 11 heteroatoms. The number of hydrogen-bond acceptors (Lipinski definition) is 4. The van der Waals surface area contributed by atoms with Gasteiger partial charge in [0.15, 0.2) is 0 Å². The Labute approximate surface area is 180 Å². The molecule has 30 heavy (non-hydrogen) atoms. The minimum Gasteiger partial charge on any atom is -0.356 e. The lowest BCUT2D eigenvalue weighted by atomic mass is 10.2. The molecule has 1 amide bonds. The van der Waals surface area contributed by atoms with Crippen LogP contribution in [0.25, 0.3) is 0 Å². The van der Waals surface area contributed by atoms with Gasteiger partial charge in [-0.1, -0.05) is 24.4 Å². The molecule has 0 bridgehead atoms. The maximum atomic E-state index is 12.9. The summed E-state index contributed by atoms with van der Waals surface area (Å²) in [6.07, 6.45) is 0.851. The summed E-state index contributed by atoms with van der Waals surface area (Å²) in [5.41, 5.74) is -1.23. The molecule has 6 nitrogen and oxygen atoms in total. The second-order valence-electron chi connectivity index (χ2n) is 7.25. The van der Waals surface area contributed by atoms with E-state index in [1.165, 1.54) is 25.7 Å². The first kappa shape index (κ1) is 24.9. The van der Waals surface area contributed by atoms with Crippen molar-refractivity contribution in [2.45, 2.75) is 49.6 Å². The molecular formula is C19H27ClF3N3O3S. The summed E-state index contributed by atoms with van der Waals surface area (Å²) < 4.78 is 65.3. The zero-order valence-corrected chi connectivity index (χ0v) is 18.2. The van der Waals surface area contributed by atoms with E-state index in [0.29, 0.717) is 12.6 Å². The molecule has 1 fully saturated rings. The number of rotatable bonds is 9. The number of halogens is 4. The molecule has 0 atom stereocenters. The Hall–Kier alpha value is -1.36. The van der Waals surface area contributed by atoms with E-state index in [4.69, 9.17) is 11.6 Å². The number of nitrogens with one attached hydrogen (secondary N) is 2. The zero-order valence-electron chi connectivity index (χ0n) is 16.6. The molecule has 2 rings (SSSR count). The normalized spacial score (nSPS) is 16.3. The number of alkyl halides is 3. The predicted molar refractivity (Wildman–Crippen MR) is 109 cm³/mol. The van der Waals surface area contributed by atoms with Gasteiger partial charge in [0.1, 0.15) is 0 Å². The van der Waals surface area contributed by atoms with Crippen LogP contribution in [0.2, 0.25) is 5.02 Å². The van der Waals surface area contributed by atoms with Crippen LogP contribution in [0.1, 0.15) is 44.1 Å². The smallest absolute Gasteiger partial charge is 0.356 e. The van der Waals surface area contributed by atoms with Crippen molar-refractivity contribution in [3.05, 3.63) is 28.8 Å². The Kier molecular flexibility index (Phi) is 9.39. The van der Waals surface area contributed by atoms with Gasteiger partial charge in [-0.3, -0.25) is 4.79 Å². The van der Waals surface area contributed by atoms with Crippen LogP contribution in [0.3, 0.4) is 0 Å². The second-order valence-corrected chi connectivity index (χ2v) is 9.42. The lowest BCUT2D eigenvalue weighted by Gasteiger charge is -2.19. The lowest BCUT2D eigenvalue weighted by Crippen LogP contribution is -2.33. The highest BCUT2D eigenvalue weighted by Gasteiger charge is 2.34. The first-order valence-corrected chi connectivity index (χ1v) is 11.8. The summed E-state index contributed by atoms with van der Waals surface area (Å²) in [6.45, 7) is 3.34. The number of amides is 1. The summed E-state index contributed by atoms with van der Waals surface area (Å²) in [5.74, 6) is -0.319. The molecule has 1 heterocycles. The van der Waals surface area contributed by atoms with Gasteiger partial charge in [0.25, 0.3) is 0 Å². The Morgan fingerprint density at radius 2 is 1.77 bits per heavy atom. The summed E-state index contributed by atoms with van der Waals surface area (Å²) in [6, 6.07) is 2.35. The van der Waals surface area contributed by atoms with Gasteiger partial charge in [-0.05, 0) is 57.1 Å². The van der Waals surface area contributed by atoms with E-state index in [2.05, 4.69) is 14.9 Å². The van der Waals surface area contributed by atoms with E-state index in [0.717, 1.165) is 38.2 Å². The molecule has 1 saturated heterocycles. The average Bonchev–Trinajstić information content (AvgIpc) is 2.93. The number of carbonyl (C=O) groups excluding carboxylic acids is 1. The largest absolute Gasteiger partial charge is 0.417 e. The number of hydrogen-bond donors (Lipinski definition) is 2. The monoisotopic (exact) mass is 469 g/mol. The van der Waals surface area contributed by atoms with Gasteiger partial charge in [0.2, 0.25) is 15.9 Å². The van der Waals surface area contributed by atoms with Crippen LogP contribution in [0.5, 0.6) is 0 Å².